The van der Waals surface area contributed by atoms with Crippen molar-refractivity contribution in [1.29, 1.82) is 0 Å². The molecule has 0 unspecified atom stereocenters. The van der Waals surface area contributed by atoms with Crippen LogP contribution in [-0.4, -0.2) is 22.8 Å². The first kappa shape index (κ1) is 16.5. The zero-order chi connectivity index (χ0) is 18.1. The summed E-state index contributed by atoms with van der Waals surface area (Å²) in [5.41, 5.74) is 3.28. The highest BCUT2D eigenvalue weighted by molar-refractivity contribution is 8.18. The van der Waals surface area contributed by atoms with Crippen molar-refractivity contribution < 1.29 is 14.6 Å². The van der Waals surface area contributed by atoms with Gasteiger partial charge in [-0.15, -0.1) is 0 Å². The maximum absolute atomic E-state index is 12.2. The first-order valence-electron chi connectivity index (χ1n) is 8.10. The Balaban J connectivity index is 1.58. The molecule has 4 rings (SSSR count). The van der Waals surface area contributed by atoms with Crippen LogP contribution in [0.25, 0.3) is 6.08 Å². The number of thioether (sulfide) groups is 1. The number of aryl methyl sites for hydroxylation is 1. The molecular formula is C20H16N2O3S. The fourth-order valence-corrected chi connectivity index (χ4v) is 3.55. The second-order valence-corrected chi connectivity index (χ2v) is 7.05. The number of phenols is 1. The highest BCUT2D eigenvalue weighted by Gasteiger charge is 2.25. The first-order chi connectivity index (χ1) is 12.6. The Morgan fingerprint density at radius 1 is 1.27 bits per heavy atom. The minimum absolute atomic E-state index is 0.0878. The number of nitrogens with zero attached hydrogens (tertiary/aromatic N) is 1. The fourth-order valence-electron chi connectivity index (χ4n) is 2.70. The minimum atomic E-state index is -0.208. The number of amidine groups is 1. The molecule has 0 aliphatic carbocycles. The van der Waals surface area contributed by atoms with Gasteiger partial charge in [0.1, 0.15) is 23.8 Å². The number of carbonyl (C=O) groups excluding carboxylic acids is 1. The first-order valence-corrected chi connectivity index (χ1v) is 8.92. The summed E-state index contributed by atoms with van der Waals surface area (Å²) < 4.78 is 5.71. The molecule has 0 aromatic heterocycles. The number of nitrogens with one attached hydrogen (secondary N) is 1. The molecule has 1 saturated heterocycles. The molecule has 1 fully saturated rings. The number of para-hydroxylation sites is 1. The van der Waals surface area contributed by atoms with Crippen molar-refractivity contribution in [3.05, 3.63) is 70.1 Å². The van der Waals surface area contributed by atoms with E-state index in [0.29, 0.717) is 22.4 Å². The van der Waals surface area contributed by atoms with E-state index in [9.17, 15) is 9.90 Å². The van der Waals surface area contributed by atoms with E-state index in [1.54, 1.807) is 12.1 Å². The molecule has 130 valence electrons. The number of rotatable bonds is 2. The Labute approximate surface area is 155 Å². The second-order valence-electron chi connectivity index (χ2n) is 6.02. The van der Waals surface area contributed by atoms with Crippen LogP contribution in [0.3, 0.4) is 0 Å². The highest BCUT2D eigenvalue weighted by atomic mass is 32.2. The molecule has 0 atom stereocenters. The van der Waals surface area contributed by atoms with Gasteiger partial charge in [-0.1, -0.05) is 24.3 Å². The molecule has 6 heteroatoms. The zero-order valence-corrected chi connectivity index (χ0v) is 14.8. The predicted octanol–water partition coefficient (Wildman–Crippen LogP) is 3.91. The lowest BCUT2D eigenvalue weighted by atomic mass is 10.1. The maximum Gasteiger partial charge on any atom is 0.264 e. The molecule has 26 heavy (non-hydrogen) atoms. The molecule has 2 aromatic rings. The van der Waals surface area contributed by atoms with Gasteiger partial charge in [0.15, 0.2) is 5.17 Å². The molecule has 0 spiro atoms. The predicted molar refractivity (Wildman–Crippen MR) is 104 cm³/mol. The number of phenolic OH excluding ortho intramolecular Hbond substituents is 1. The van der Waals surface area contributed by atoms with Crippen molar-refractivity contribution in [2.75, 3.05) is 6.61 Å². The van der Waals surface area contributed by atoms with Crippen LogP contribution in [0.5, 0.6) is 11.5 Å². The third kappa shape index (κ3) is 3.36. The fraction of sp³-hybridized carbons (Fsp3) is 0.100. The van der Waals surface area contributed by atoms with Gasteiger partial charge in [-0.05, 0) is 60.2 Å². The van der Waals surface area contributed by atoms with Crippen LogP contribution in [0.4, 0.5) is 5.69 Å². The number of fused-ring (bicyclic) bond motifs is 1. The van der Waals surface area contributed by atoms with Gasteiger partial charge >= 0.3 is 0 Å². The van der Waals surface area contributed by atoms with Gasteiger partial charge in [0, 0.05) is 5.56 Å². The van der Waals surface area contributed by atoms with E-state index >= 15 is 0 Å². The summed E-state index contributed by atoms with van der Waals surface area (Å²) in [6.07, 6.45) is 3.83. The minimum Gasteiger partial charge on any atom is -0.506 e. The van der Waals surface area contributed by atoms with Crippen LogP contribution in [0, 0.1) is 6.92 Å². The van der Waals surface area contributed by atoms with E-state index in [2.05, 4.69) is 10.3 Å². The average molecular weight is 364 g/mol. The standard InChI is InChI=1S/C20H16N2O3S/c1-12-6-7-15(16(23)8-12)21-20-22-19(24)18(26-20)10-13-9-14-4-2-3-5-17(14)25-11-13/h2-10,23H,11H2,1H3,(H,21,22,24)/b18-10-. The van der Waals surface area contributed by atoms with E-state index in [1.807, 2.05) is 49.4 Å². The summed E-state index contributed by atoms with van der Waals surface area (Å²) in [6.45, 7) is 2.31. The number of aromatic hydroxyl groups is 1. The monoisotopic (exact) mass is 364 g/mol. The Morgan fingerprint density at radius 2 is 2.12 bits per heavy atom. The van der Waals surface area contributed by atoms with Crippen LogP contribution in [-0.2, 0) is 4.79 Å². The Morgan fingerprint density at radius 3 is 2.96 bits per heavy atom. The van der Waals surface area contributed by atoms with Gasteiger partial charge in [-0.2, -0.15) is 0 Å². The van der Waals surface area contributed by atoms with Gasteiger partial charge in [0.25, 0.3) is 5.91 Å². The lowest BCUT2D eigenvalue weighted by Gasteiger charge is -2.15. The van der Waals surface area contributed by atoms with Crippen molar-refractivity contribution in [2.24, 2.45) is 4.99 Å². The summed E-state index contributed by atoms with van der Waals surface area (Å²) in [5.74, 6) is 0.722. The van der Waals surface area contributed by atoms with Crippen LogP contribution >= 0.6 is 11.8 Å². The maximum atomic E-state index is 12.2. The molecule has 2 aliphatic heterocycles. The topological polar surface area (TPSA) is 70.9 Å². The molecule has 0 saturated carbocycles. The lowest BCUT2D eigenvalue weighted by Crippen LogP contribution is -2.19. The van der Waals surface area contributed by atoms with E-state index in [1.165, 1.54) is 11.8 Å². The van der Waals surface area contributed by atoms with Crippen molar-refractivity contribution in [3.8, 4) is 11.5 Å². The molecule has 2 N–H and O–H groups in total. The second kappa shape index (κ2) is 6.72. The van der Waals surface area contributed by atoms with Gasteiger partial charge in [0.2, 0.25) is 0 Å². The molecule has 2 aromatic carbocycles. The molecule has 0 bridgehead atoms. The summed E-state index contributed by atoms with van der Waals surface area (Å²) in [7, 11) is 0. The Kier molecular flexibility index (Phi) is 4.26. The highest BCUT2D eigenvalue weighted by Crippen LogP contribution is 2.33. The number of carbonyl (C=O) groups is 1. The molecular weight excluding hydrogens is 348 g/mol. The lowest BCUT2D eigenvalue weighted by molar-refractivity contribution is -0.115. The van der Waals surface area contributed by atoms with Crippen molar-refractivity contribution in [1.82, 2.24) is 5.32 Å². The molecule has 2 heterocycles. The van der Waals surface area contributed by atoms with Crippen LogP contribution in [0.2, 0.25) is 0 Å². The van der Waals surface area contributed by atoms with Gasteiger partial charge < -0.3 is 15.2 Å². The molecule has 1 amide bonds. The number of hydrogen-bond donors (Lipinski definition) is 2. The molecule has 2 aliphatic rings. The van der Waals surface area contributed by atoms with E-state index in [0.717, 1.165) is 22.4 Å². The van der Waals surface area contributed by atoms with E-state index in [4.69, 9.17) is 4.74 Å². The van der Waals surface area contributed by atoms with E-state index < -0.39 is 0 Å². The number of hydrogen-bond acceptors (Lipinski definition) is 5. The summed E-state index contributed by atoms with van der Waals surface area (Å²) in [4.78, 5) is 17.1. The van der Waals surface area contributed by atoms with Gasteiger partial charge in [-0.25, -0.2) is 4.99 Å². The third-order valence-electron chi connectivity index (χ3n) is 3.97. The Hall–Kier alpha value is -2.99. The summed E-state index contributed by atoms with van der Waals surface area (Å²) >= 11 is 1.24. The molecule has 5 nitrogen and oxygen atoms in total. The SMILES string of the molecule is Cc1ccc(N=C2NC(=O)/C(=C/C3=Cc4ccccc4OC3)S2)c(O)c1. The number of aliphatic imine (C=N–C) groups is 1. The van der Waals surface area contributed by atoms with Gasteiger partial charge in [0.05, 0.1) is 4.91 Å². The van der Waals surface area contributed by atoms with Gasteiger partial charge in [-0.3, -0.25) is 4.79 Å². The average Bonchev–Trinajstić information content (AvgIpc) is 2.96. The Bertz CT molecular complexity index is 992. The number of benzene rings is 2. The van der Waals surface area contributed by atoms with Crippen molar-refractivity contribution in [3.63, 3.8) is 0 Å². The smallest absolute Gasteiger partial charge is 0.264 e. The molecule has 0 radical (unpaired) electrons. The summed E-state index contributed by atoms with van der Waals surface area (Å²) in [5, 5.41) is 13.1. The number of ether oxygens (including phenoxy) is 1. The zero-order valence-electron chi connectivity index (χ0n) is 14.0. The normalized spacial score (nSPS) is 19.1. The van der Waals surface area contributed by atoms with Crippen molar-refractivity contribution in [2.45, 2.75) is 6.92 Å². The largest absolute Gasteiger partial charge is 0.506 e. The van der Waals surface area contributed by atoms with Crippen molar-refractivity contribution >= 4 is 34.6 Å². The van der Waals surface area contributed by atoms with Crippen LogP contribution in [0.1, 0.15) is 11.1 Å². The summed E-state index contributed by atoms with van der Waals surface area (Å²) in [6, 6.07) is 13.0. The number of amides is 1. The van der Waals surface area contributed by atoms with E-state index in [-0.39, 0.29) is 11.7 Å². The quantitative estimate of drug-likeness (QED) is 0.793. The van der Waals surface area contributed by atoms with Crippen LogP contribution in [0.15, 0.2) is 64.0 Å². The van der Waals surface area contributed by atoms with Crippen LogP contribution < -0.4 is 10.1 Å². The third-order valence-corrected chi connectivity index (χ3v) is 4.88.